The van der Waals surface area contributed by atoms with E-state index in [-0.39, 0.29) is 17.7 Å². The van der Waals surface area contributed by atoms with Gasteiger partial charge in [-0.25, -0.2) is 9.97 Å². The van der Waals surface area contributed by atoms with Crippen LogP contribution >= 0.6 is 0 Å². The number of benzene rings is 1. The van der Waals surface area contributed by atoms with Gasteiger partial charge in [-0.05, 0) is 24.1 Å². The van der Waals surface area contributed by atoms with Crippen molar-refractivity contribution in [2.45, 2.75) is 38.6 Å². The standard InChI is InChI=1S/C22H26N4O3/c1-15(27)25-9-7-20-18(14-25)12-23-22(24-20)17-6-8-26(13-17)21(28)11-16-4-3-5-19(10-16)29-2/h3-5,10,12,17H,6-9,11,13-14H2,1-2H3/t17-/m1/s1. The molecule has 0 aliphatic carbocycles. The van der Waals surface area contributed by atoms with Crippen LogP contribution < -0.4 is 4.74 Å². The van der Waals surface area contributed by atoms with Gasteiger partial charge in [-0.1, -0.05) is 12.1 Å². The molecule has 0 bridgehead atoms. The second-order valence-corrected chi connectivity index (χ2v) is 7.74. The van der Waals surface area contributed by atoms with Crippen molar-refractivity contribution in [2.24, 2.45) is 0 Å². The van der Waals surface area contributed by atoms with Gasteiger partial charge in [-0.15, -0.1) is 0 Å². The minimum Gasteiger partial charge on any atom is -0.497 e. The van der Waals surface area contributed by atoms with Crippen LogP contribution in [0.1, 0.15) is 41.9 Å². The lowest BCUT2D eigenvalue weighted by atomic mass is 10.0. The first kappa shape index (κ1) is 19.4. The Labute approximate surface area is 170 Å². The molecule has 2 aromatic rings. The molecule has 2 aliphatic rings. The summed E-state index contributed by atoms with van der Waals surface area (Å²) in [5.74, 6) is 1.95. The van der Waals surface area contributed by atoms with Gasteiger partial charge >= 0.3 is 0 Å². The van der Waals surface area contributed by atoms with Crippen molar-refractivity contribution in [3.05, 3.63) is 53.1 Å². The quantitative estimate of drug-likeness (QED) is 0.792. The predicted molar refractivity (Wildman–Crippen MR) is 107 cm³/mol. The SMILES string of the molecule is COc1cccc(CC(=O)N2CC[C@@H](c3ncc4c(n3)CCN(C(C)=O)C4)C2)c1. The second kappa shape index (κ2) is 8.19. The van der Waals surface area contributed by atoms with Gasteiger partial charge in [0.2, 0.25) is 11.8 Å². The summed E-state index contributed by atoms with van der Waals surface area (Å²) >= 11 is 0. The largest absolute Gasteiger partial charge is 0.497 e. The molecule has 2 amide bonds. The van der Waals surface area contributed by atoms with E-state index in [1.54, 1.807) is 14.0 Å². The lowest BCUT2D eigenvalue weighted by Crippen LogP contribution is -2.35. The number of hydrogen-bond donors (Lipinski definition) is 0. The lowest BCUT2D eigenvalue weighted by Gasteiger charge is -2.27. The van der Waals surface area contributed by atoms with Crippen LogP contribution in [0.15, 0.2) is 30.5 Å². The summed E-state index contributed by atoms with van der Waals surface area (Å²) in [6, 6.07) is 7.64. The Bertz CT molecular complexity index is 930. The third-order valence-electron chi connectivity index (χ3n) is 5.79. The maximum atomic E-state index is 12.7. The number of amides is 2. The van der Waals surface area contributed by atoms with E-state index >= 15 is 0 Å². The smallest absolute Gasteiger partial charge is 0.227 e. The lowest BCUT2D eigenvalue weighted by molar-refractivity contribution is -0.130. The molecule has 152 valence electrons. The minimum atomic E-state index is 0.0840. The molecule has 0 radical (unpaired) electrons. The fourth-order valence-electron chi connectivity index (χ4n) is 4.06. The Balaban J connectivity index is 1.39. The van der Waals surface area contributed by atoms with Crippen LogP contribution in [-0.2, 0) is 29.0 Å². The molecule has 1 fully saturated rings. The summed E-state index contributed by atoms with van der Waals surface area (Å²) in [5.41, 5.74) is 3.02. The van der Waals surface area contributed by atoms with Gasteiger partial charge in [-0.3, -0.25) is 9.59 Å². The van der Waals surface area contributed by atoms with Crippen molar-refractivity contribution in [1.82, 2.24) is 19.8 Å². The first-order valence-electron chi connectivity index (χ1n) is 10.0. The van der Waals surface area contributed by atoms with Gasteiger partial charge in [0.15, 0.2) is 0 Å². The highest BCUT2D eigenvalue weighted by Crippen LogP contribution is 2.27. The molecule has 2 aliphatic heterocycles. The molecule has 0 spiro atoms. The summed E-state index contributed by atoms with van der Waals surface area (Å²) in [6.45, 7) is 4.26. The number of rotatable bonds is 4. The molecule has 0 saturated carbocycles. The van der Waals surface area contributed by atoms with Crippen molar-refractivity contribution >= 4 is 11.8 Å². The molecule has 1 atom stereocenters. The van der Waals surface area contributed by atoms with E-state index < -0.39 is 0 Å². The molecule has 0 unspecified atom stereocenters. The topological polar surface area (TPSA) is 75.6 Å². The third kappa shape index (κ3) is 4.23. The average molecular weight is 394 g/mol. The average Bonchev–Trinajstić information content (AvgIpc) is 3.23. The Morgan fingerprint density at radius 1 is 1.24 bits per heavy atom. The maximum absolute atomic E-state index is 12.7. The summed E-state index contributed by atoms with van der Waals surface area (Å²) in [4.78, 5) is 37.4. The number of ether oxygens (including phenoxy) is 1. The highest BCUT2D eigenvalue weighted by molar-refractivity contribution is 5.79. The fraction of sp³-hybridized carbons (Fsp3) is 0.455. The van der Waals surface area contributed by atoms with Crippen LogP contribution in [0.4, 0.5) is 0 Å². The summed E-state index contributed by atoms with van der Waals surface area (Å²) in [7, 11) is 1.63. The van der Waals surface area contributed by atoms with Crippen molar-refractivity contribution in [3.8, 4) is 5.75 Å². The molecule has 7 nitrogen and oxygen atoms in total. The van der Waals surface area contributed by atoms with Crippen LogP contribution in [0.2, 0.25) is 0 Å². The predicted octanol–water partition coefficient (Wildman–Crippen LogP) is 1.95. The van der Waals surface area contributed by atoms with Gasteiger partial charge in [0.05, 0.1) is 19.2 Å². The zero-order valence-corrected chi connectivity index (χ0v) is 16.9. The molecule has 7 heteroatoms. The number of carbonyl (C=O) groups excluding carboxylic acids is 2. The number of hydrogen-bond acceptors (Lipinski definition) is 5. The van der Waals surface area contributed by atoms with Crippen LogP contribution in [-0.4, -0.2) is 58.3 Å². The van der Waals surface area contributed by atoms with Crippen LogP contribution in [0.5, 0.6) is 5.75 Å². The zero-order chi connectivity index (χ0) is 20.4. The zero-order valence-electron chi connectivity index (χ0n) is 16.9. The normalized spacial score (nSPS) is 18.5. The first-order valence-corrected chi connectivity index (χ1v) is 10.0. The molecule has 4 rings (SSSR count). The maximum Gasteiger partial charge on any atom is 0.227 e. The third-order valence-corrected chi connectivity index (χ3v) is 5.79. The molecule has 1 aromatic carbocycles. The number of likely N-dealkylation sites (tertiary alicyclic amines) is 1. The highest BCUT2D eigenvalue weighted by atomic mass is 16.5. The number of aromatic nitrogens is 2. The van der Waals surface area contributed by atoms with E-state index in [0.29, 0.717) is 26.1 Å². The van der Waals surface area contributed by atoms with Gasteiger partial charge in [0.1, 0.15) is 11.6 Å². The van der Waals surface area contributed by atoms with E-state index in [1.807, 2.05) is 40.3 Å². The van der Waals surface area contributed by atoms with Gasteiger partial charge < -0.3 is 14.5 Å². The Morgan fingerprint density at radius 3 is 2.90 bits per heavy atom. The molecular weight excluding hydrogens is 368 g/mol. The first-order chi connectivity index (χ1) is 14.0. The van der Waals surface area contributed by atoms with Crippen molar-refractivity contribution < 1.29 is 14.3 Å². The Kier molecular flexibility index (Phi) is 5.47. The van der Waals surface area contributed by atoms with E-state index in [1.165, 1.54) is 0 Å². The fourth-order valence-corrected chi connectivity index (χ4v) is 4.06. The highest BCUT2D eigenvalue weighted by Gasteiger charge is 2.30. The number of nitrogens with zero attached hydrogens (tertiary/aromatic N) is 4. The molecule has 1 aromatic heterocycles. The van der Waals surface area contributed by atoms with E-state index in [2.05, 4.69) is 4.98 Å². The summed E-state index contributed by atoms with van der Waals surface area (Å²) < 4.78 is 5.24. The molecule has 1 saturated heterocycles. The Morgan fingerprint density at radius 2 is 2.10 bits per heavy atom. The van der Waals surface area contributed by atoms with E-state index in [4.69, 9.17) is 9.72 Å². The summed E-state index contributed by atoms with van der Waals surface area (Å²) in [6.07, 6.45) is 3.86. The van der Waals surface area contributed by atoms with Crippen LogP contribution in [0.3, 0.4) is 0 Å². The van der Waals surface area contributed by atoms with Crippen molar-refractivity contribution in [1.29, 1.82) is 0 Å². The van der Waals surface area contributed by atoms with E-state index in [0.717, 1.165) is 47.8 Å². The monoisotopic (exact) mass is 394 g/mol. The van der Waals surface area contributed by atoms with E-state index in [9.17, 15) is 9.59 Å². The van der Waals surface area contributed by atoms with Crippen LogP contribution in [0.25, 0.3) is 0 Å². The minimum absolute atomic E-state index is 0.0840. The number of fused-ring (bicyclic) bond motifs is 1. The number of carbonyl (C=O) groups is 2. The summed E-state index contributed by atoms with van der Waals surface area (Å²) in [5, 5.41) is 0. The van der Waals surface area contributed by atoms with Gasteiger partial charge in [0, 0.05) is 57.2 Å². The van der Waals surface area contributed by atoms with Crippen molar-refractivity contribution in [3.63, 3.8) is 0 Å². The van der Waals surface area contributed by atoms with Gasteiger partial charge in [0.25, 0.3) is 0 Å². The molecular formula is C22H26N4O3. The molecule has 0 N–H and O–H groups in total. The number of methoxy groups -OCH3 is 1. The Hall–Kier alpha value is -2.96. The molecule has 3 heterocycles. The van der Waals surface area contributed by atoms with Gasteiger partial charge in [-0.2, -0.15) is 0 Å². The molecule has 29 heavy (non-hydrogen) atoms. The second-order valence-electron chi connectivity index (χ2n) is 7.74. The van der Waals surface area contributed by atoms with Crippen LogP contribution in [0, 0.1) is 0 Å². The van der Waals surface area contributed by atoms with Crippen molar-refractivity contribution in [2.75, 3.05) is 26.7 Å².